The van der Waals surface area contributed by atoms with Crippen molar-refractivity contribution in [3.63, 3.8) is 0 Å². The van der Waals surface area contributed by atoms with Gasteiger partial charge in [0.25, 0.3) is 0 Å². The maximum Gasteiger partial charge on any atom is 0.355 e. The third-order valence-corrected chi connectivity index (χ3v) is 2.59. The smallest absolute Gasteiger partial charge is 0.355 e. The fourth-order valence-electron chi connectivity index (χ4n) is 1.72. The van der Waals surface area contributed by atoms with E-state index in [4.69, 9.17) is 9.84 Å². The van der Waals surface area contributed by atoms with E-state index in [9.17, 15) is 9.59 Å². The number of carbonyl (C=O) groups is 2. The first-order valence-electron chi connectivity index (χ1n) is 6.25. The maximum absolute atomic E-state index is 12.0. The van der Waals surface area contributed by atoms with Crippen molar-refractivity contribution in [3.8, 4) is 5.75 Å². The summed E-state index contributed by atoms with van der Waals surface area (Å²) in [7, 11) is 0. The number of benzene rings is 1. The van der Waals surface area contributed by atoms with Gasteiger partial charge in [0.05, 0.1) is 18.5 Å². The van der Waals surface area contributed by atoms with Crippen molar-refractivity contribution >= 4 is 17.6 Å². The number of hydrogen-bond acceptors (Lipinski definition) is 5. The lowest BCUT2D eigenvalue weighted by Crippen LogP contribution is -2.22. The van der Waals surface area contributed by atoms with Gasteiger partial charge in [-0.3, -0.25) is 4.79 Å². The van der Waals surface area contributed by atoms with Gasteiger partial charge < -0.3 is 15.2 Å². The van der Waals surface area contributed by atoms with Gasteiger partial charge >= 0.3 is 5.97 Å². The predicted octanol–water partition coefficient (Wildman–Crippen LogP) is 1.01. The molecule has 21 heavy (non-hydrogen) atoms. The third kappa shape index (κ3) is 3.56. The number of anilines is 1. The Balaban J connectivity index is 2.08. The number of carbonyl (C=O) groups excluding carboxylic acids is 1. The summed E-state index contributed by atoms with van der Waals surface area (Å²) in [5.41, 5.74) is 0.365. The van der Waals surface area contributed by atoms with Gasteiger partial charge in [0.1, 0.15) is 12.3 Å². The highest BCUT2D eigenvalue weighted by atomic mass is 16.5. The Morgan fingerprint density at radius 2 is 2.14 bits per heavy atom. The van der Waals surface area contributed by atoms with Crippen molar-refractivity contribution in [2.45, 2.75) is 13.5 Å². The SMILES string of the molecule is CCOc1ccccc1NC(=O)Cn1nncc1C(=O)O. The average molecular weight is 290 g/mol. The molecule has 1 heterocycles. The molecule has 2 aromatic rings. The molecule has 0 aliphatic rings. The minimum atomic E-state index is -1.19. The highest BCUT2D eigenvalue weighted by Crippen LogP contribution is 2.23. The number of carboxylic acid groups (broad SMARTS) is 1. The van der Waals surface area contributed by atoms with Gasteiger partial charge in [-0.1, -0.05) is 17.3 Å². The lowest BCUT2D eigenvalue weighted by molar-refractivity contribution is -0.117. The Labute approximate surface area is 120 Å². The van der Waals surface area contributed by atoms with Gasteiger partial charge in [-0.15, -0.1) is 5.10 Å². The van der Waals surface area contributed by atoms with Crippen LogP contribution in [0, 0.1) is 0 Å². The monoisotopic (exact) mass is 290 g/mol. The summed E-state index contributed by atoms with van der Waals surface area (Å²) in [6.45, 7) is 2.06. The van der Waals surface area contributed by atoms with Crippen LogP contribution < -0.4 is 10.1 Å². The molecule has 110 valence electrons. The van der Waals surface area contributed by atoms with Crippen LogP contribution in [-0.2, 0) is 11.3 Å². The van der Waals surface area contributed by atoms with Crippen molar-refractivity contribution in [1.82, 2.24) is 15.0 Å². The van der Waals surface area contributed by atoms with Crippen molar-refractivity contribution in [2.75, 3.05) is 11.9 Å². The van der Waals surface area contributed by atoms with Crippen molar-refractivity contribution in [3.05, 3.63) is 36.2 Å². The van der Waals surface area contributed by atoms with Crippen LogP contribution in [0.5, 0.6) is 5.75 Å². The van der Waals surface area contributed by atoms with E-state index < -0.39 is 11.9 Å². The summed E-state index contributed by atoms with van der Waals surface area (Å²) in [6, 6.07) is 6.98. The molecule has 0 aliphatic carbocycles. The summed E-state index contributed by atoms with van der Waals surface area (Å²) < 4.78 is 6.41. The quantitative estimate of drug-likeness (QED) is 0.822. The molecule has 1 amide bonds. The fraction of sp³-hybridized carbons (Fsp3) is 0.231. The second-order valence-electron chi connectivity index (χ2n) is 4.06. The minimum absolute atomic E-state index is 0.150. The Hall–Kier alpha value is -2.90. The molecule has 2 N–H and O–H groups in total. The van der Waals surface area contributed by atoms with Gasteiger partial charge in [-0.25, -0.2) is 9.48 Å². The number of rotatable bonds is 6. The molecule has 0 fully saturated rings. The largest absolute Gasteiger partial charge is 0.492 e. The van der Waals surface area contributed by atoms with Crippen LogP contribution in [0.2, 0.25) is 0 Å². The Morgan fingerprint density at radius 3 is 2.86 bits per heavy atom. The Bertz CT molecular complexity index is 653. The number of amides is 1. The third-order valence-electron chi connectivity index (χ3n) is 2.59. The second kappa shape index (κ2) is 6.51. The average Bonchev–Trinajstić information content (AvgIpc) is 2.89. The number of ether oxygens (including phenoxy) is 1. The van der Waals surface area contributed by atoms with Crippen molar-refractivity contribution in [2.24, 2.45) is 0 Å². The normalized spacial score (nSPS) is 10.1. The van der Waals surface area contributed by atoms with Crippen LogP contribution in [0.15, 0.2) is 30.5 Å². The molecule has 0 unspecified atom stereocenters. The molecule has 1 aromatic carbocycles. The summed E-state index contributed by atoms with van der Waals surface area (Å²) >= 11 is 0. The van der Waals surface area contributed by atoms with Gasteiger partial charge in [0, 0.05) is 0 Å². The maximum atomic E-state index is 12.0. The summed E-state index contributed by atoms with van der Waals surface area (Å²) in [5, 5.41) is 18.6. The highest BCUT2D eigenvalue weighted by molar-refractivity contribution is 5.93. The van der Waals surface area contributed by atoms with Crippen LogP contribution in [-0.4, -0.2) is 38.6 Å². The molecular formula is C13H14N4O4. The lowest BCUT2D eigenvalue weighted by atomic mass is 10.3. The molecule has 0 atom stereocenters. The molecule has 8 nitrogen and oxygen atoms in total. The van der Waals surface area contributed by atoms with Gasteiger partial charge in [-0.05, 0) is 19.1 Å². The minimum Gasteiger partial charge on any atom is -0.492 e. The van der Waals surface area contributed by atoms with E-state index in [1.54, 1.807) is 24.3 Å². The number of carboxylic acids is 1. The van der Waals surface area contributed by atoms with E-state index in [0.717, 1.165) is 10.9 Å². The van der Waals surface area contributed by atoms with E-state index in [2.05, 4.69) is 15.6 Å². The van der Waals surface area contributed by atoms with E-state index >= 15 is 0 Å². The fourth-order valence-corrected chi connectivity index (χ4v) is 1.72. The zero-order valence-corrected chi connectivity index (χ0v) is 11.3. The molecule has 0 saturated carbocycles. The number of hydrogen-bond donors (Lipinski definition) is 2. The van der Waals surface area contributed by atoms with E-state index in [1.807, 2.05) is 6.92 Å². The van der Waals surface area contributed by atoms with Crippen LogP contribution in [0.1, 0.15) is 17.4 Å². The number of aromatic carboxylic acids is 1. The Morgan fingerprint density at radius 1 is 1.38 bits per heavy atom. The van der Waals surface area contributed by atoms with Crippen molar-refractivity contribution < 1.29 is 19.4 Å². The van der Waals surface area contributed by atoms with Crippen LogP contribution in [0.25, 0.3) is 0 Å². The molecular weight excluding hydrogens is 276 g/mol. The number of para-hydroxylation sites is 2. The van der Waals surface area contributed by atoms with E-state index in [-0.39, 0.29) is 12.2 Å². The lowest BCUT2D eigenvalue weighted by Gasteiger charge is -2.11. The molecule has 0 bridgehead atoms. The molecule has 0 spiro atoms. The first kappa shape index (κ1) is 14.5. The zero-order valence-electron chi connectivity index (χ0n) is 11.3. The molecule has 8 heteroatoms. The number of aromatic nitrogens is 3. The number of nitrogens with zero attached hydrogens (tertiary/aromatic N) is 3. The summed E-state index contributed by atoms with van der Waals surface area (Å²) in [4.78, 5) is 22.9. The number of nitrogens with one attached hydrogen (secondary N) is 1. The summed E-state index contributed by atoms with van der Waals surface area (Å²) in [5.74, 6) is -1.07. The molecule has 1 aromatic heterocycles. The van der Waals surface area contributed by atoms with E-state index in [1.165, 1.54) is 0 Å². The van der Waals surface area contributed by atoms with Crippen LogP contribution in [0.4, 0.5) is 5.69 Å². The standard InChI is InChI=1S/C13H14N4O4/c1-2-21-11-6-4-3-5-9(11)15-12(18)8-17-10(13(19)20)7-14-16-17/h3-7H,2,8H2,1H3,(H,15,18)(H,19,20). The zero-order chi connectivity index (χ0) is 15.2. The van der Waals surface area contributed by atoms with Gasteiger partial charge in [0.15, 0.2) is 5.69 Å². The first-order valence-corrected chi connectivity index (χ1v) is 6.25. The topological polar surface area (TPSA) is 106 Å². The van der Waals surface area contributed by atoms with Gasteiger partial charge in [-0.2, -0.15) is 0 Å². The van der Waals surface area contributed by atoms with Crippen molar-refractivity contribution in [1.29, 1.82) is 0 Å². The summed E-state index contributed by atoms with van der Waals surface area (Å²) in [6.07, 6.45) is 1.09. The molecule has 0 radical (unpaired) electrons. The molecule has 0 aliphatic heterocycles. The molecule has 2 rings (SSSR count). The Kier molecular flexibility index (Phi) is 4.50. The highest BCUT2D eigenvalue weighted by Gasteiger charge is 2.15. The predicted molar refractivity (Wildman–Crippen MR) is 73.2 cm³/mol. The first-order chi connectivity index (χ1) is 10.1. The second-order valence-corrected chi connectivity index (χ2v) is 4.06. The van der Waals surface area contributed by atoms with Gasteiger partial charge in [0.2, 0.25) is 5.91 Å². The van der Waals surface area contributed by atoms with E-state index in [0.29, 0.717) is 18.0 Å². The van der Waals surface area contributed by atoms with Crippen LogP contribution >= 0.6 is 0 Å². The van der Waals surface area contributed by atoms with Crippen LogP contribution in [0.3, 0.4) is 0 Å². The molecule has 0 saturated heterocycles.